The molecule has 0 amide bonds. The maximum atomic E-state index is 5.64. The normalized spacial score (nSPS) is 13.5. The highest BCUT2D eigenvalue weighted by atomic mass is 32.2. The Bertz CT molecular complexity index is 630. The van der Waals surface area contributed by atoms with Gasteiger partial charge in [-0.1, -0.05) is 31.5 Å². The van der Waals surface area contributed by atoms with E-state index in [-0.39, 0.29) is 0 Å². The highest BCUT2D eigenvalue weighted by Crippen LogP contribution is 2.37. The first-order valence-corrected chi connectivity index (χ1v) is 9.35. The molecular weight excluding hydrogens is 292 g/mol. The molecule has 0 aliphatic carbocycles. The molecule has 0 unspecified atom stereocenters. The number of rotatable bonds is 8. The standard InChI is InChI=1S/C18H24N2OS/c1-2-3-10-21-11-6-9-19-18-14-7-4-5-8-16(14)20-17-13-22-12-15(17)18/h4-5,7-8H,2-3,6,9-13H2,1H3,(H,19,20). The van der Waals surface area contributed by atoms with Gasteiger partial charge in [-0.05, 0) is 18.9 Å². The third-order valence-corrected chi connectivity index (χ3v) is 4.94. The lowest BCUT2D eigenvalue weighted by atomic mass is 10.1. The Morgan fingerprint density at radius 3 is 2.95 bits per heavy atom. The van der Waals surface area contributed by atoms with Gasteiger partial charge in [0.2, 0.25) is 0 Å². The lowest BCUT2D eigenvalue weighted by molar-refractivity contribution is 0.131. The van der Waals surface area contributed by atoms with Crippen molar-refractivity contribution in [3.8, 4) is 0 Å². The molecule has 0 saturated heterocycles. The van der Waals surface area contributed by atoms with Crippen molar-refractivity contribution in [3.63, 3.8) is 0 Å². The van der Waals surface area contributed by atoms with Crippen LogP contribution in [-0.2, 0) is 16.2 Å². The van der Waals surface area contributed by atoms with Gasteiger partial charge in [0.15, 0.2) is 0 Å². The second-order valence-electron chi connectivity index (χ2n) is 5.67. The number of pyridine rings is 1. The molecule has 1 aliphatic heterocycles. The summed E-state index contributed by atoms with van der Waals surface area (Å²) < 4.78 is 5.64. The van der Waals surface area contributed by atoms with Gasteiger partial charge >= 0.3 is 0 Å². The Balaban J connectivity index is 1.65. The fourth-order valence-corrected chi connectivity index (χ4v) is 3.81. The van der Waals surface area contributed by atoms with Gasteiger partial charge in [0.1, 0.15) is 0 Å². The van der Waals surface area contributed by atoms with E-state index >= 15 is 0 Å². The SMILES string of the molecule is CCCCOCCCNc1c2c(nc3ccccc13)CSC2. The number of ether oxygens (including phenoxy) is 1. The molecule has 0 spiro atoms. The lowest BCUT2D eigenvalue weighted by Gasteiger charge is -2.14. The minimum absolute atomic E-state index is 0.840. The molecule has 0 fully saturated rings. The van der Waals surface area contributed by atoms with Crippen molar-refractivity contribution in [3.05, 3.63) is 35.5 Å². The maximum Gasteiger partial charge on any atom is 0.0726 e. The van der Waals surface area contributed by atoms with Crippen LogP contribution in [0.15, 0.2) is 24.3 Å². The Morgan fingerprint density at radius 2 is 2.05 bits per heavy atom. The Labute approximate surface area is 136 Å². The van der Waals surface area contributed by atoms with E-state index in [2.05, 4.69) is 36.5 Å². The van der Waals surface area contributed by atoms with Crippen molar-refractivity contribution >= 4 is 28.4 Å². The van der Waals surface area contributed by atoms with Crippen molar-refractivity contribution in [1.29, 1.82) is 0 Å². The summed E-state index contributed by atoms with van der Waals surface area (Å²) >= 11 is 1.95. The zero-order chi connectivity index (χ0) is 15.2. The average Bonchev–Trinajstić information content (AvgIpc) is 3.01. The molecule has 0 atom stereocenters. The van der Waals surface area contributed by atoms with Gasteiger partial charge in [-0.15, -0.1) is 0 Å². The minimum Gasteiger partial charge on any atom is -0.384 e. The quantitative estimate of drug-likeness (QED) is 0.722. The number of para-hydroxylation sites is 1. The Hall–Kier alpha value is -1.26. The molecule has 22 heavy (non-hydrogen) atoms. The van der Waals surface area contributed by atoms with Gasteiger partial charge in [0.25, 0.3) is 0 Å². The van der Waals surface area contributed by atoms with Crippen LogP contribution in [0.25, 0.3) is 10.9 Å². The van der Waals surface area contributed by atoms with Crippen LogP contribution < -0.4 is 5.32 Å². The molecule has 118 valence electrons. The number of aromatic nitrogens is 1. The highest BCUT2D eigenvalue weighted by Gasteiger charge is 2.19. The molecule has 1 aliphatic rings. The van der Waals surface area contributed by atoms with Crippen LogP contribution in [0, 0.1) is 0 Å². The molecule has 2 heterocycles. The number of thioether (sulfide) groups is 1. The van der Waals surface area contributed by atoms with E-state index in [1.54, 1.807) is 0 Å². The van der Waals surface area contributed by atoms with Gasteiger partial charge < -0.3 is 10.1 Å². The highest BCUT2D eigenvalue weighted by molar-refractivity contribution is 7.98. The van der Waals surface area contributed by atoms with Crippen LogP contribution in [0.1, 0.15) is 37.4 Å². The molecule has 1 N–H and O–H groups in total. The van der Waals surface area contributed by atoms with Gasteiger partial charge in [0, 0.05) is 47.9 Å². The van der Waals surface area contributed by atoms with Crippen LogP contribution in [0.5, 0.6) is 0 Å². The average molecular weight is 316 g/mol. The first-order valence-electron chi connectivity index (χ1n) is 8.20. The van der Waals surface area contributed by atoms with E-state index in [1.165, 1.54) is 28.8 Å². The molecule has 2 aromatic rings. The van der Waals surface area contributed by atoms with Crippen LogP contribution >= 0.6 is 11.8 Å². The topological polar surface area (TPSA) is 34.1 Å². The molecule has 4 heteroatoms. The molecule has 3 nitrogen and oxygen atoms in total. The summed E-state index contributed by atoms with van der Waals surface area (Å²) in [4.78, 5) is 4.81. The number of fused-ring (bicyclic) bond motifs is 2. The number of benzene rings is 1. The summed E-state index contributed by atoms with van der Waals surface area (Å²) in [7, 11) is 0. The summed E-state index contributed by atoms with van der Waals surface area (Å²) in [5.41, 5.74) is 5.05. The largest absolute Gasteiger partial charge is 0.384 e. The zero-order valence-electron chi connectivity index (χ0n) is 13.2. The third kappa shape index (κ3) is 3.55. The molecule has 3 rings (SSSR count). The summed E-state index contributed by atoms with van der Waals surface area (Å²) in [5, 5.41) is 4.89. The predicted octanol–water partition coefficient (Wildman–Crippen LogP) is 4.60. The first-order chi connectivity index (χ1) is 10.9. The number of anilines is 1. The van der Waals surface area contributed by atoms with Gasteiger partial charge in [-0.25, -0.2) is 0 Å². The second-order valence-corrected chi connectivity index (χ2v) is 6.65. The molecular formula is C18H24N2OS. The van der Waals surface area contributed by atoms with Crippen molar-refractivity contribution in [2.75, 3.05) is 25.1 Å². The third-order valence-electron chi connectivity index (χ3n) is 3.97. The summed E-state index contributed by atoms with van der Waals surface area (Å²) in [6.07, 6.45) is 3.40. The summed E-state index contributed by atoms with van der Waals surface area (Å²) in [6, 6.07) is 8.44. The smallest absolute Gasteiger partial charge is 0.0726 e. The van der Waals surface area contributed by atoms with Crippen molar-refractivity contribution < 1.29 is 4.74 Å². The fourth-order valence-electron chi connectivity index (χ4n) is 2.76. The maximum absolute atomic E-state index is 5.64. The van der Waals surface area contributed by atoms with E-state index < -0.39 is 0 Å². The number of nitrogens with zero attached hydrogens (tertiary/aromatic N) is 1. The van der Waals surface area contributed by atoms with Gasteiger partial charge in [0.05, 0.1) is 11.2 Å². The van der Waals surface area contributed by atoms with E-state index in [4.69, 9.17) is 9.72 Å². The molecule has 1 aromatic heterocycles. The van der Waals surface area contributed by atoms with Gasteiger partial charge in [-0.3, -0.25) is 4.98 Å². The number of nitrogens with one attached hydrogen (secondary N) is 1. The van der Waals surface area contributed by atoms with Gasteiger partial charge in [-0.2, -0.15) is 11.8 Å². The minimum atomic E-state index is 0.840. The lowest BCUT2D eigenvalue weighted by Crippen LogP contribution is -2.09. The van der Waals surface area contributed by atoms with Crippen molar-refractivity contribution in [2.45, 2.75) is 37.7 Å². The van der Waals surface area contributed by atoms with Crippen LogP contribution in [0.3, 0.4) is 0 Å². The molecule has 0 saturated carbocycles. The van der Waals surface area contributed by atoms with Crippen LogP contribution in [0.4, 0.5) is 5.69 Å². The van der Waals surface area contributed by atoms with E-state index in [1.807, 2.05) is 11.8 Å². The Morgan fingerprint density at radius 1 is 1.18 bits per heavy atom. The van der Waals surface area contributed by atoms with Crippen molar-refractivity contribution in [2.24, 2.45) is 0 Å². The predicted molar refractivity (Wildman–Crippen MR) is 95.6 cm³/mol. The van der Waals surface area contributed by atoms with Crippen LogP contribution in [-0.4, -0.2) is 24.7 Å². The number of hydrogen-bond donors (Lipinski definition) is 1. The van der Waals surface area contributed by atoms with E-state index in [0.29, 0.717) is 0 Å². The summed E-state index contributed by atoms with van der Waals surface area (Å²) in [5.74, 6) is 2.11. The van der Waals surface area contributed by atoms with Crippen molar-refractivity contribution in [1.82, 2.24) is 4.98 Å². The number of hydrogen-bond acceptors (Lipinski definition) is 4. The first kappa shape index (κ1) is 15.6. The molecule has 0 bridgehead atoms. The zero-order valence-corrected chi connectivity index (χ0v) is 14.0. The van der Waals surface area contributed by atoms with E-state index in [9.17, 15) is 0 Å². The molecule has 1 aromatic carbocycles. The second kappa shape index (κ2) is 7.84. The summed E-state index contributed by atoms with van der Waals surface area (Å²) in [6.45, 7) is 4.88. The van der Waals surface area contributed by atoms with E-state index in [0.717, 1.165) is 49.6 Å². The molecule has 0 radical (unpaired) electrons. The van der Waals surface area contributed by atoms with Crippen LogP contribution in [0.2, 0.25) is 0 Å². The Kier molecular flexibility index (Phi) is 5.57. The monoisotopic (exact) mass is 316 g/mol. The number of unbranched alkanes of at least 4 members (excludes halogenated alkanes) is 1. The fraction of sp³-hybridized carbons (Fsp3) is 0.500.